The molecule has 88 valence electrons. The van der Waals surface area contributed by atoms with Crippen molar-refractivity contribution in [1.82, 2.24) is 0 Å². The Hall–Kier alpha value is -1.26. The summed E-state index contributed by atoms with van der Waals surface area (Å²) in [6.45, 7) is 3.35. The molecule has 0 saturated heterocycles. The van der Waals surface area contributed by atoms with Crippen LogP contribution in [0.2, 0.25) is 5.02 Å². The van der Waals surface area contributed by atoms with Crippen LogP contribution in [0.15, 0.2) is 18.2 Å². The van der Waals surface area contributed by atoms with Crippen LogP contribution in [0.4, 0.5) is 4.79 Å². The van der Waals surface area contributed by atoms with Crippen LogP contribution in [-0.4, -0.2) is 17.3 Å². The minimum atomic E-state index is -0.916. The van der Waals surface area contributed by atoms with Crippen molar-refractivity contribution < 1.29 is 14.6 Å². The van der Waals surface area contributed by atoms with Gasteiger partial charge in [-0.1, -0.05) is 17.7 Å². The lowest BCUT2D eigenvalue weighted by atomic mass is 10.00. The molecule has 0 aliphatic heterocycles. The maximum atomic E-state index is 10.7. The Morgan fingerprint density at radius 3 is 2.62 bits per heavy atom. The molecule has 0 saturated carbocycles. The second kappa shape index (κ2) is 5.18. The standard InChI is InChI=1S/C11H14ClNO3/c1-6-5-8(12)3-4-9(6)10(7(2)14)16-11(13)15/h3-5,7,10,14H,1-2H3,(H2,13,15). The van der Waals surface area contributed by atoms with E-state index in [9.17, 15) is 9.90 Å². The van der Waals surface area contributed by atoms with Gasteiger partial charge in [0.15, 0.2) is 6.10 Å². The van der Waals surface area contributed by atoms with Crippen LogP contribution in [0.25, 0.3) is 0 Å². The maximum Gasteiger partial charge on any atom is 0.405 e. The van der Waals surface area contributed by atoms with Gasteiger partial charge in [0.1, 0.15) is 0 Å². The molecule has 2 atom stereocenters. The van der Waals surface area contributed by atoms with E-state index >= 15 is 0 Å². The van der Waals surface area contributed by atoms with Gasteiger partial charge in [-0.25, -0.2) is 4.79 Å². The van der Waals surface area contributed by atoms with E-state index in [4.69, 9.17) is 22.1 Å². The first-order valence-electron chi connectivity index (χ1n) is 4.82. The average Bonchev–Trinajstić information content (AvgIpc) is 2.14. The highest BCUT2D eigenvalue weighted by Crippen LogP contribution is 2.26. The first-order valence-corrected chi connectivity index (χ1v) is 5.20. The number of nitrogens with two attached hydrogens (primary N) is 1. The Kier molecular flexibility index (Phi) is 4.15. The van der Waals surface area contributed by atoms with Crippen molar-refractivity contribution in [1.29, 1.82) is 0 Å². The summed E-state index contributed by atoms with van der Waals surface area (Å²) in [6.07, 6.45) is -2.53. The largest absolute Gasteiger partial charge is 0.439 e. The molecule has 1 aromatic rings. The van der Waals surface area contributed by atoms with Crippen molar-refractivity contribution in [3.8, 4) is 0 Å². The van der Waals surface area contributed by atoms with Gasteiger partial charge in [0.25, 0.3) is 0 Å². The van der Waals surface area contributed by atoms with Crippen molar-refractivity contribution in [3.05, 3.63) is 34.3 Å². The second-order valence-electron chi connectivity index (χ2n) is 3.60. The van der Waals surface area contributed by atoms with E-state index in [2.05, 4.69) is 0 Å². The molecule has 0 radical (unpaired) electrons. The number of carbonyl (C=O) groups is 1. The minimum Gasteiger partial charge on any atom is -0.439 e. The quantitative estimate of drug-likeness (QED) is 0.855. The predicted octanol–water partition coefficient (Wildman–Crippen LogP) is 2.17. The highest BCUT2D eigenvalue weighted by molar-refractivity contribution is 6.30. The zero-order valence-electron chi connectivity index (χ0n) is 9.11. The molecule has 0 aromatic heterocycles. The molecule has 0 bridgehead atoms. The van der Waals surface area contributed by atoms with Crippen molar-refractivity contribution >= 4 is 17.7 Å². The molecule has 0 aliphatic carbocycles. The van der Waals surface area contributed by atoms with Crippen molar-refractivity contribution in [2.45, 2.75) is 26.1 Å². The first kappa shape index (κ1) is 12.8. The summed E-state index contributed by atoms with van der Waals surface area (Å²) in [7, 11) is 0. The lowest BCUT2D eigenvalue weighted by Crippen LogP contribution is -2.25. The Balaban J connectivity index is 3.05. The molecular weight excluding hydrogens is 230 g/mol. The normalized spacial score (nSPS) is 14.2. The SMILES string of the molecule is Cc1cc(Cl)ccc1C(OC(N)=O)C(C)O. The smallest absolute Gasteiger partial charge is 0.405 e. The number of hydrogen-bond acceptors (Lipinski definition) is 3. The van der Waals surface area contributed by atoms with Crippen LogP contribution >= 0.6 is 11.6 Å². The fourth-order valence-corrected chi connectivity index (χ4v) is 1.73. The first-order chi connectivity index (χ1) is 7.41. The highest BCUT2D eigenvalue weighted by Gasteiger charge is 2.22. The number of aryl methyl sites for hydroxylation is 1. The summed E-state index contributed by atoms with van der Waals surface area (Å²) in [5.74, 6) is 0. The minimum absolute atomic E-state index is 0.588. The summed E-state index contributed by atoms with van der Waals surface area (Å²) in [5.41, 5.74) is 6.48. The summed E-state index contributed by atoms with van der Waals surface area (Å²) in [5, 5.41) is 10.1. The molecule has 0 fully saturated rings. The number of rotatable bonds is 3. The third-order valence-corrected chi connectivity index (χ3v) is 2.45. The summed E-state index contributed by atoms with van der Waals surface area (Å²) >= 11 is 5.81. The molecule has 1 rings (SSSR count). The molecule has 0 heterocycles. The van der Waals surface area contributed by atoms with Crippen molar-refractivity contribution in [2.75, 3.05) is 0 Å². The molecule has 0 aliphatic rings. The molecule has 1 aromatic carbocycles. The van der Waals surface area contributed by atoms with Crippen LogP contribution in [0.1, 0.15) is 24.2 Å². The number of hydrogen-bond donors (Lipinski definition) is 2. The molecule has 3 N–H and O–H groups in total. The number of carbonyl (C=O) groups excluding carboxylic acids is 1. The van der Waals surface area contributed by atoms with E-state index in [0.29, 0.717) is 10.6 Å². The molecule has 5 heteroatoms. The molecular formula is C11H14ClNO3. The van der Waals surface area contributed by atoms with Gasteiger partial charge in [0.05, 0.1) is 6.10 Å². The third-order valence-electron chi connectivity index (χ3n) is 2.22. The van der Waals surface area contributed by atoms with Gasteiger partial charge < -0.3 is 15.6 Å². The number of primary amides is 1. The number of ether oxygens (including phenoxy) is 1. The van der Waals surface area contributed by atoms with Crippen LogP contribution in [-0.2, 0) is 4.74 Å². The number of aliphatic hydroxyl groups excluding tert-OH is 1. The molecule has 0 spiro atoms. The lowest BCUT2D eigenvalue weighted by molar-refractivity contribution is 0.0144. The number of aliphatic hydroxyl groups is 1. The molecule has 2 unspecified atom stereocenters. The lowest BCUT2D eigenvalue weighted by Gasteiger charge is -2.21. The molecule has 4 nitrogen and oxygen atoms in total. The van der Waals surface area contributed by atoms with E-state index in [-0.39, 0.29) is 0 Å². The Morgan fingerprint density at radius 2 is 2.19 bits per heavy atom. The zero-order valence-corrected chi connectivity index (χ0v) is 9.86. The summed E-state index contributed by atoms with van der Waals surface area (Å²) in [4.78, 5) is 10.7. The molecule has 1 amide bonds. The Labute approximate surface area is 99.0 Å². The van der Waals surface area contributed by atoms with Gasteiger partial charge >= 0.3 is 6.09 Å². The van der Waals surface area contributed by atoms with Crippen LogP contribution in [0.5, 0.6) is 0 Å². The van der Waals surface area contributed by atoms with E-state index in [1.807, 2.05) is 6.92 Å². The Bertz CT molecular complexity index is 393. The number of benzene rings is 1. The summed E-state index contributed by atoms with van der Waals surface area (Å²) in [6, 6.07) is 5.11. The molecule has 16 heavy (non-hydrogen) atoms. The monoisotopic (exact) mass is 243 g/mol. The van der Waals surface area contributed by atoms with E-state index < -0.39 is 18.3 Å². The van der Waals surface area contributed by atoms with E-state index in [1.54, 1.807) is 18.2 Å². The summed E-state index contributed by atoms with van der Waals surface area (Å²) < 4.78 is 4.86. The highest BCUT2D eigenvalue weighted by atomic mass is 35.5. The fraction of sp³-hybridized carbons (Fsp3) is 0.364. The third kappa shape index (κ3) is 3.12. The second-order valence-corrected chi connectivity index (χ2v) is 4.04. The number of amides is 1. The van der Waals surface area contributed by atoms with Crippen molar-refractivity contribution in [3.63, 3.8) is 0 Å². The van der Waals surface area contributed by atoms with Crippen LogP contribution in [0.3, 0.4) is 0 Å². The zero-order chi connectivity index (χ0) is 12.3. The number of halogens is 1. The van der Waals surface area contributed by atoms with Gasteiger partial charge in [0.2, 0.25) is 0 Å². The topological polar surface area (TPSA) is 72.5 Å². The van der Waals surface area contributed by atoms with E-state index in [1.165, 1.54) is 6.92 Å². The van der Waals surface area contributed by atoms with Crippen molar-refractivity contribution in [2.24, 2.45) is 5.73 Å². The van der Waals surface area contributed by atoms with E-state index in [0.717, 1.165) is 5.56 Å². The van der Waals surface area contributed by atoms with Crippen LogP contribution < -0.4 is 5.73 Å². The van der Waals surface area contributed by atoms with Gasteiger partial charge in [-0.15, -0.1) is 0 Å². The maximum absolute atomic E-state index is 10.7. The van der Waals surface area contributed by atoms with Gasteiger partial charge in [-0.2, -0.15) is 0 Å². The average molecular weight is 244 g/mol. The Morgan fingerprint density at radius 1 is 1.56 bits per heavy atom. The van der Waals surface area contributed by atoms with Gasteiger partial charge in [-0.05, 0) is 37.1 Å². The fourth-order valence-electron chi connectivity index (χ4n) is 1.51. The van der Waals surface area contributed by atoms with Gasteiger partial charge in [-0.3, -0.25) is 0 Å². The van der Waals surface area contributed by atoms with Gasteiger partial charge in [0, 0.05) is 5.02 Å². The predicted molar refractivity (Wildman–Crippen MR) is 61.3 cm³/mol. The van der Waals surface area contributed by atoms with Crippen LogP contribution in [0, 0.1) is 6.92 Å².